The number of nitrogens with zero attached hydrogens (tertiary/aromatic N) is 2. The van der Waals surface area contributed by atoms with Gasteiger partial charge in [-0.2, -0.15) is 0 Å². The molecule has 0 fully saturated rings. The summed E-state index contributed by atoms with van der Waals surface area (Å²) in [6.07, 6.45) is 0.786. The van der Waals surface area contributed by atoms with Crippen LogP contribution in [0.5, 0.6) is 0 Å². The first-order valence-electron chi connectivity index (χ1n) is 6.89. The predicted molar refractivity (Wildman–Crippen MR) is 77.9 cm³/mol. The largest absolute Gasteiger partial charge is 0.380 e. The summed E-state index contributed by atoms with van der Waals surface area (Å²) in [6.45, 7) is 5.79. The van der Waals surface area contributed by atoms with E-state index < -0.39 is 0 Å². The molecule has 0 saturated carbocycles. The molecule has 1 unspecified atom stereocenters. The number of benzene rings is 1. The smallest absolute Gasteiger partial charge is 0.231 e. The SMILES string of the molecule is CCOCCN1C(=O)C(C)CN(C=O)c2ccccc21. The van der Waals surface area contributed by atoms with Crippen molar-refractivity contribution in [3.8, 4) is 0 Å². The number of ether oxygens (including phenoxy) is 1. The summed E-state index contributed by atoms with van der Waals surface area (Å²) in [7, 11) is 0. The summed E-state index contributed by atoms with van der Waals surface area (Å²) >= 11 is 0. The molecule has 2 amide bonds. The molecule has 2 rings (SSSR count). The van der Waals surface area contributed by atoms with Gasteiger partial charge in [-0.1, -0.05) is 19.1 Å². The molecule has 0 aliphatic carbocycles. The first-order valence-corrected chi connectivity index (χ1v) is 6.89. The lowest BCUT2D eigenvalue weighted by Crippen LogP contribution is -2.38. The van der Waals surface area contributed by atoms with E-state index in [0.29, 0.717) is 26.3 Å². The van der Waals surface area contributed by atoms with Crippen molar-refractivity contribution in [1.82, 2.24) is 0 Å². The van der Waals surface area contributed by atoms with Crippen molar-refractivity contribution >= 4 is 23.7 Å². The number of amides is 2. The van der Waals surface area contributed by atoms with Crippen LogP contribution in [0.3, 0.4) is 0 Å². The van der Waals surface area contributed by atoms with Gasteiger partial charge in [0.05, 0.1) is 23.9 Å². The van der Waals surface area contributed by atoms with Crippen LogP contribution in [0.1, 0.15) is 13.8 Å². The molecule has 1 heterocycles. The molecule has 0 saturated heterocycles. The van der Waals surface area contributed by atoms with E-state index in [1.807, 2.05) is 38.1 Å². The van der Waals surface area contributed by atoms with Gasteiger partial charge in [0.1, 0.15) is 0 Å². The molecular formula is C15H20N2O3. The topological polar surface area (TPSA) is 49.9 Å². The Kier molecular flexibility index (Phi) is 4.74. The molecule has 0 bridgehead atoms. The van der Waals surface area contributed by atoms with Crippen LogP contribution in [0, 0.1) is 5.92 Å². The van der Waals surface area contributed by atoms with Crippen LogP contribution in [-0.2, 0) is 14.3 Å². The number of hydrogen-bond acceptors (Lipinski definition) is 3. The molecule has 5 nitrogen and oxygen atoms in total. The van der Waals surface area contributed by atoms with Gasteiger partial charge < -0.3 is 14.5 Å². The second-order valence-corrected chi connectivity index (χ2v) is 4.83. The highest BCUT2D eigenvalue weighted by molar-refractivity contribution is 6.02. The minimum Gasteiger partial charge on any atom is -0.380 e. The molecular weight excluding hydrogens is 256 g/mol. The Morgan fingerprint density at radius 2 is 2.05 bits per heavy atom. The first-order chi connectivity index (χ1) is 9.69. The number of carbonyl (C=O) groups is 2. The zero-order valence-electron chi connectivity index (χ0n) is 11.9. The summed E-state index contributed by atoms with van der Waals surface area (Å²) in [5.41, 5.74) is 1.55. The quantitative estimate of drug-likeness (QED) is 0.607. The number of anilines is 2. The van der Waals surface area contributed by atoms with Crippen LogP contribution in [0.2, 0.25) is 0 Å². The van der Waals surface area contributed by atoms with E-state index >= 15 is 0 Å². The van der Waals surface area contributed by atoms with E-state index in [2.05, 4.69) is 0 Å². The van der Waals surface area contributed by atoms with E-state index in [1.54, 1.807) is 9.80 Å². The lowest BCUT2D eigenvalue weighted by atomic mass is 10.1. The molecule has 1 aliphatic rings. The molecule has 0 spiro atoms. The summed E-state index contributed by atoms with van der Waals surface area (Å²) in [4.78, 5) is 27.1. The third-order valence-electron chi connectivity index (χ3n) is 3.43. The zero-order chi connectivity index (χ0) is 14.5. The second kappa shape index (κ2) is 6.52. The van der Waals surface area contributed by atoms with Crippen LogP contribution in [-0.4, -0.2) is 38.6 Å². The first kappa shape index (κ1) is 14.5. The number of carbonyl (C=O) groups excluding carboxylic acids is 2. The van der Waals surface area contributed by atoms with Crippen molar-refractivity contribution in [2.45, 2.75) is 13.8 Å². The molecule has 0 aromatic heterocycles. The van der Waals surface area contributed by atoms with Crippen molar-refractivity contribution in [3.05, 3.63) is 24.3 Å². The number of hydrogen-bond donors (Lipinski definition) is 0. The maximum Gasteiger partial charge on any atom is 0.231 e. The van der Waals surface area contributed by atoms with Gasteiger partial charge in [-0.05, 0) is 19.1 Å². The maximum absolute atomic E-state index is 12.5. The highest BCUT2D eigenvalue weighted by Gasteiger charge is 2.30. The van der Waals surface area contributed by atoms with Gasteiger partial charge in [-0.25, -0.2) is 0 Å². The van der Waals surface area contributed by atoms with E-state index in [0.717, 1.165) is 17.8 Å². The molecule has 0 N–H and O–H groups in total. The summed E-state index contributed by atoms with van der Waals surface area (Å²) in [5, 5.41) is 0. The zero-order valence-corrected chi connectivity index (χ0v) is 11.9. The minimum absolute atomic E-state index is 0.0292. The fraction of sp³-hybridized carbons (Fsp3) is 0.467. The third-order valence-corrected chi connectivity index (χ3v) is 3.43. The van der Waals surface area contributed by atoms with Gasteiger partial charge in [0.15, 0.2) is 0 Å². The summed E-state index contributed by atoms with van der Waals surface area (Å²) in [6, 6.07) is 7.48. The fourth-order valence-corrected chi connectivity index (χ4v) is 2.42. The van der Waals surface area contributed by atoms with Gasteiger partial charge in [0, 0.05) is 19.7 Å². The normalized spacial score (nSPS) is 18.7. The molecule has 1 atom stereocenters. The maximum atomic E-state index is 12.5. The van der Waals surface area contributed by atoms with Gasteiger partial charge in [0.25, 0.3) is 0 Å². The predicted octanol–water partition coefficient (Wildman–Crippen LogP) is 1.67. The van der Waals surface area contributed by atoms with Gasteiger partial charge in [-0.3, -0.25) is 9.59 Å². The van der Waals surface area contributed by atoms with Gasteiger partial charge >= 0.3 is 0 Å². The van der Waals surface area contributed by atoms with Crippen molar-refractivity contribution in [3.63, 3.8) is 0 Å². The van der Waals surface area contributed by atoms with Crippen LogP contribution >= 0.6 is 0 Å². The molecule has 5 heteroatoms. The molecule has 1 aliphatic heterocycles. The minimum atomic E-state index is -0.228. The Bertz CT molecular complexity index is 490. The molecule has 108 valence electrons. The van der Waals surface area contributed by atoms with Crippen molar-refractivity contribution < 1.29 is 14.3 Å². The Hall–Kier alpha value is -1.88. The Labute approximate surface area is 119 Å². The second-order valence-electron chi connectivity index (χ2n) is 4.83. The summed E-state index contributed by atoms with van der Waals surface area (Å²) in [5.74, 6) is -0.198. The Morgan fingerprint density at radius 3 is 2.70 bits per heavy atom. The molecule has 1 aromatic carbocycles. The van der Waals surface area contributed by atoms with Crippen LogP contribution in [0.15, 0.2) is 24.3 Å². The third kappa shape index (κ3) is 2.82. The monoisotopic (exact) mass is 276 g/mol. The highest BCUT2D eigenvalue weighted by atomic mass is 16.5. The standard InChI is InChI=1S/C15H20N2O3/c1-3-20-9-8-17-14-7-5-4-6-13(14)16(11-18)10-12(2)15(17)19/h4-7,11-12H,3,8-10H2,1-2H3. The van der Waals surface area contributed by atoms with E-state index in [4.69, 9.17) is 4.74 Å². The van der Waals surface area contributed by atoms with Crippen LogP contribution < -0.4 is 9.80 Å². The highest BCUT2D eigenvalue weighted by Crippen LogP contribution is 2.32. The van der Waals surface area contributed by atoms with Crippen LogP contribution in [0.25, 0.3) is 0 Å². The fourth-order valence-electron chi connectivity index (χ4n) is 2.42. The average Bonchev–Trinajstić information content (AvgIpc) is 2.57. The van der Waals surface area contributed by atoms with E-state index in [-0.39, 0.29) is 11.8 Å². The average molecular weight is 276 g/mol. The van der Waals surface area contributed by atoms with E-state index in [1.165, 1.54) is 0 Å². The van der Waals surface area contributed by atoms with Crippen molar-refractivity contribution in [2.24, 2.45) is 5.92 Å². The number of fused-ring (bicyclic) bond motifs is 1. The van der Waals surface area contributed by atoms with Gasteiger partial charge in [0.2, 0.25) is 12.3 Å². The Balaban J connectivity index is 2.36. The number of para-hydroxylation sites is 2. The number of rotatable bonds is 5. The molecule has 0 radical (unpaired) electrons. The Morgan fingerprint density at radius 1 is 1.35 bits per heavy atom. The van der Waals surface area contributed by atoms with E-state index in [9.17, 15) is 9.59 Å². The van der Waals surface area contributed by atoms with Gasteiger partial charge in [-0.15, -0.1) is 0 Å². The summed E-state index contributed by atoms with van der Waals surface area (Å²) < 4.78 is 5.35. The van der Waals surface area contributed by atoms with Crippen molar-refractivity contribution in [1.29, 1.82) is 0 Å². The lowest BCUT2D eigenvalue weighted by molar-refractivity contribution is -0.121. The molecule has 20 heavy (non-hydrogen) atoms. The lowest BCUT2D eigenvalue weighted by Gasteiger charge is -2.24. The van der Waals surface area contributed by atoms with Crippen molar-refractivity contribution in [2.75, 3.05) is 36.1 Å². The van der Waals surface area contributed by atoms with Crippen LogP contribution in [0.4, 0.5) is 11.4 Å². The molecule has 1 aromatic rings.